The first kappa shape index (κ1) is 55.7. The van der Waals surface area contributed by atoms with Crippen molar-refractivity contribution in [2.45, 2.75) is 135 Å². The molecule has 0 aromatic heterocycles. The van der Waals surface area contributed by atoms with Crippen LogP contribution in [0.4, 0.5) is 4.79 Å². The highest BCUT2D eigenvalue weighted by atomic mass is 16.5. The van der Waals surface area contributed by atoms with Crippen LogP contribution in [0.3, 0.4) is 0 Å². The van der Waals surface area contributed by atoms with Gasteiger partial charge in [-0.1, -0.05) is 71.4 Å². The zero-order valence-corrected chi connectivity index (χ0v) is 43.2. The zero-order chi connectivity index (χ0) is 50.1. The number of hydrogen-bond acceptors (Lipinski definition) is 9. The molecule has 1 saturated heterocycles. The van der Waals surface area contributed by atoms with Crippen LogP contribution in [-0.4, -0.2) is 167 Å². The molecule has 1 aromatic rings. The number of aliphatic imine (C=N–C) groups is 1. The van der Waals surface area contributed by atoms with Gasteiger partial charge in [0, 0.05) is 88.4 Å². The first-order chi connectivity index (χ1) is 32.4. The van der Waals surface area contributed by atoms with Crippen LogP contribution in [0.5, 0.6) is 0 Å². The number of methoxy groups -OCH3 is 2. The number of amides is 5. The summed E-state index contributed by atoms with van der Waals surface area (Å²) in [5.74, 6) is 6.88. The Morgan fingerprint density at radius 1 is 0.853 bits per heavy atom. The Bertz CT molecular complexity index is 1860. The summed E-state index contributed by atoms with van der Waals surface area (Å²) in [6.07, 6.45) is 5.10. The van der Waals surface area contributed by atoms with Crippen LogP contribution in [-0.2, 0) is 39.8 Å². The van der Waals surface area contributed by atoms with Crippen molar-refractivity contribution in [3.8, 4) is 11.8 Å². The van der Waals surface area contributed by atoms with Gasteiger partial charge in [-0.2, -0.15) is 0 Å². The van der Waals surface area contributed by atoms with Crippen molar-refractivity contribution in [1.82, 2.24) is 35.6 Å². The van der Waals surface area contributed by atoms with Gasteiger partial charge >= 0.3 is 6.09 Å². The van der Waals surface area contributed by atoms with E-state index in [2.05, 4.69) is 41.6 Å². The van der Waals surface area contributed by atoms with Crippen LogP contribution in [0.15, 0.2) is 35.3 Å². The summed E-state index contributed by atoms with van der Waals surface area (Å²) in [6.45, 7) is 11.4. The minimum absolute atomic E-state index is 0.000620. The van der Waals surface area contributed by atoms with Gasteiger partial charge in [0.25, 0.3) is 0 Å². The Kier molecular flexibility index (Phi) is 22.4. The van der Waals surface area contributed by atoms with E-state index in [1.165, 1.54) is 0 Å². The molecule has 1 aromatic carbocycles. The van der Waals surface area contributed by atoms with Crippen molar-refractivity contribution in [3.63, 3.8) is 0 Å². The van der Waals surface area contributed by atoms with Gasteiger partial charge in [0.1, 0.15) is 12.1 Å². The molecule has 16 heteroatoms. The molecule has 1 heterocycles. The van der Waals surface area contributed by atoms with E-state index < -0.39 is 48.4 Å². The fraction of sp³-hybridized carbons (Fsp3) is 0.731. The first-order valence-corrected chi connectivity index (χ1v) is 25.0. The number of hydrogen-bond donors (Lipinski definition) is 3. The number of likely N-dealkylation sites (tertiary alicyclic amines) is 1. The van der Waals surface area contributed by atoms with E-state index in [1.54, 1.807) is 38.0 Å². The van der Waals surface area contributed by atoms with Crippen LogP contribution >= 0.6 is 0 Å². The third kappa shape index (κ3) is 15.6. The fourth-order valence-corrected chi connectivity index (χ4v) is 10.2. The predicted octanol–water partition coefficient (Wildman–Crippen LogP) is 4.81. The maximum absolute atomic E-state index is 14.4. The number of benzene rings is 1. The Balaban J connectivity index is 1.38. The van der Waals surface area contributed by atoms with Crippen molar-refractivity contribution in [2.75, 3.05) is 75.7 Å². The SMILES string of the molecule is CC[C@H](C)[C@@H]([C@@H](CC(=O)N1CCC[C@H]1[C@H](OC)[C@@H](C)C(=O)N[C@@H](Cc1ccccc1)C(=O)NCCCNC(=O)OC[C@@H]1[C@@H]2CCC#CCC[C@@H]21)OC)N(C)C(=O)[C@@H](N=C(N(C)C)N(C)C)C(C)C. The lowest BCUT2D eigenvalue weighted by Gasteiger charge is -2.40. The molecule has 1 aliphatic heterocycles. The molecule has 2 aliphatic carbocycles. The summed E-state index contributed by atoms with van der Waals surface area (Å²) in [5, 5.41) is 8.75. The predicted molar refractivity (Wildman–Crippen MR) is 265 cm³/mol. The molecule has 68 heavy (non-hydrogen) atoms. The fourth-order valence-electron chi connectivity index (χ4n) is 10.2. The number of nitrogens with zero attached hydrogens (tertiary/aromatic N) is 5. The molecule has 380 valence electrons. The van der Waals surface area contributed by atoms with Gasteiger partial charge in [-0.3, -0.25) is 19.2 Å². The maximum atomic E-state index is 14.4. The van der Waals surface area contributed by atoms with Gasteiger partial charge in [0.05, 0.1) is 43.2 Å². The number of rotatable bonds is 24. The number of nitrogens with one attached hydrogen (secondary N) is 3. The van der Waals surface area contributed by atoms with Gasteiger partial charge in [0.2, 0.25) is 23.6 Å². The minimum atomic E-state index is -0.886. The summed E-state index contributed by atoms with van der Waals surface area (Å²) in [5.41, 5.74) is 0.880. The Morgan fingerprint density at radius 3 is 2.06 bits per heavy atom. The molecular formula is C52H84N8O8. The standard InChI is InChI=1S/C52H84N8O8/c1-13-35(4)46(59(10)50(64)45(34(2)3)56-51(57(6)7)58(8)9)43(66-11)32-44(61)60-30-21-27-42(60)47(67-12)36(5)48(62)55-41(31-37-23-17-16-18-24-37)49(63)53-28-22-29-54-52(65)68-33-40-38-25-19-14-15-20-26-39(38)40/h16-18,23-24,34-36,38-43,45-47H,13,19-22,25-33H2,1-12H3,(H,53,63)(H,54,65)(H,55,62)/t35-,36+,38-,39+,40-,41-,42-,43+,45-,46-,47+/m0/s1. The third-order valence-corrected chi connectivity index (χ3v) is 14.3. The third-order valence-electron chi connectivity index (χ3n) is 14.3. The monoisotopic (exact) mass is 949 g/mol. The van der Waals surface area contributed by atoms with Crippen LogP contribution in [0.1, 0.15) is 98.0 Å². The zero-order valence-electron chi connectivity index (χ0n) is 43.2. The van der Waals surface area contributed by atoms with Gasteiger partial charge in [-0.15, -0.1) is 11.8 Å². The Morgan fingerprint density at radius 2 is 1.49 bits per heavy atom. The van der Waals surface area contributed by atoms with Crippen LogP contribution in [0, 0.1) is 47.3 Å². The molecule has 11 atom stereocenters. The molecule has 2 fully saturated rings. The molecule has 0 spiro atoms. The number of ether oxygens (including phenoxy) is 3. The van der Waals surface area contributed by atoms with Gasteiger partial charge in [-0.05, 0) is 67.3 Å². The Labute approximate surface area is 407 Å². The van der Waals surface area contributed by atoms with Crippen molar-refractivity contribution in [1.29, 1.82) is 0 Å². The van der Waals surface area contributed by atoms with Crippen LogP contribution in [0.25, 0.3) is 0 Å². The molecule has 1 saturated carbocycles. The van der Waals surface area contributed by atoms with E-state index in [9.17, 15) is 24.0 Å². The second-order valence-electron chi connectivity index (χ2n) is 19.8. The summed E-state index contributed by atoms with van der Waals surface area (Å²) < 4.78 is 17.7. The van der Waals surface area contributed by atoms with E-state index in [0.29, 0.717) is 56.3 Å². The summed E-state index contributed by atoms with van der Waals surface area (Å²) >= 11 is 0. The van der Waals surface area contributed by atoms with Gasteiger partial charge in [-0.25, -0.2) is 9.79 Å². The summed E-state index contributed by atoms with van der Waals surface area (Å²) in [6, 6.07) is 7.14. The lowest BCUT2D eigenvalue weighted by molar-refractivity contribution is -0.146. The number of alkyl carbamates (subject to hydrolysis) is 1. The highest BCUT2D eigenvalue weighted by Gasteiger charge is 2.49. The molecule has 3 N–H and O–H groups in total. The molecule has 0 unspecified atom stereocenters. The van der Waals surface area contributed by atoms with E-state index in [-0.39, 0.29) is 54.9 Å². The van der Waals surface area contributed by atoms with Crippen LogP contribution < -0.4 is 16.0 Å². The summed E-state index contributed by atoms with van der Waals surface area (Å²) in [7, 11) is 12.5. The molecule has 5 amide bonds. The summed E-state index contributed by atoms with van der Waals surface area (Å²) in [4.78, 5) is 81.3. The molecular weight excluding hydrogens is 865 g/mol. The van der Waals surface area contributed by atoms with Crippen molar-refractivity contribution in [2.24, 2.45) is 40.5 Å². The van der Waals surface area contributed by atoms with E-state index in [1.807, 2.05) is 82.2 Å². The number of guanidine groups is 1. The van der Waals surface area contributed by atoms with Crippen molar-refractivity contribution < 1.29 is 38.2 Å². The second kappa shape index (κ2) is 27.3. The minimum Gasteiger partial charge on any atom is -0.449 e. The molecule has 16 nitrogen and oxygen atoms in total. The molecule has 0 bridgehead atoms. The van der Waals surface area contributed by atoms with Crippen molar-refractivity contribution in [3.05, 3.63) is 35.9 Å². The lowest BCUT2D eigenvalue weighted by atomic mass is 9.89. The number of carbonyl (C=O) groups excluding carboxylic acids is 5. The van der Waals surface area contributed by atoms with E-state index in [4.69, 9.17) is 19.2 Å². The Hall–Kier alpha value is -4.88. The number of fused-ring (bicyclic) bond motifs is 1. The van der Waals surface area contributed by atoms with E-state index in [0.717, 1.165) is 44.1 Å². The number of likely N-dealkylation sites (N-methyl/N-ethyl adjacent to an activating group) is 1. The highest BCUT2D eigenvalue weighted by molar-refractivity contribution is 5.89. The van der Waals surface area contributed by atoms with Crippen LogP contribution in [0.2, 0.25) is 0 Å². The van der Waals surface area contributed by atoms with Crippen molar-refractivity contribution >= 4 is 35.7 Å². The van der Waals surface area contributed by atoms with Gasteiger partial charge in [0.15, 0.2) is 5.96 Å². The molecule has 0 radical (unpaired) electrons. The highest BCUT2D eigenvalue weighted by Crippen LogP contribution is 2.52. The molecule has 4 rings (SSSR count). The van der Waals surface area contributed by atoms with Gasteiger partial charge < -0.3 is 49.8 Å². The van der Waals surface area contributed by atoms with E-state index >= 15 is 0 Å². The molecule has 3 aliphatic rings. The number of carbonyl (C=O) groups is 5. The normalized spacial score (nSPS) is 21.6. The second-order valence-corrected chi connectivity index (χ2v) is 19.8. The maximum Gasteiger partial charge on any atom is 0.407 e. The average molecular weight is 949 g/mol. The quantitative estimate of drug-likeness (QED) is 0.0565. The lowest BCUT2D eigenvalue weighted by Crippen LogP contribution is -2.55. The smallest absolute Gasteiger partial charge is 0.407 e. The average Bonchev–Trinajstić information content (AvgIpc) is 3.68. The largest absolute Gasteiger partial charge is 0.449 e. The first-order valence-electron chi connectivity index (χ1n) is 25.0. The topological polar surface area (TPSA) is 174 Å².